The van der Waals surface area contributed by atoms with Crippen molar-refractivity contribution in [1.29, 1.82) is 0 Å². The molecule has 0 amide bonds. The van der Waals surface area contributed by atoms with Gasteiger partial charge in [0.25, 0.3) is 0 Å². The average Bonchev–Trinajstić information content (AvgIpc) is 3.20. The molecule has 0 radical (unpaired) electrons. The van der Waals surface area contributed by atoms with Crippen LogP contribution in [0.15, 0.2) is 78.1 Å². The number of hydrogen-bond donors (Lipinski definition) is 0. The van der Waals surface area contributed by atoms with E-state index in [-0.39, 0.29) is 51.9 Å². The Morgan fingerprint density at radius 2 is 1.14 bits per heavy atom. The first-order chi connectivity index (χ1) is 12.7. The molecule has 0 fully saturated rings. The molecule has 1 unspecified atom stereocenters. The van der Waals surface area contributed by atoms with Crippen molar-refractivity contribution < 1.29 is 44.0 Å². The molecule has 3 aromatic carbocycles. The molecule has 2 aliphatic carbocycles. The summed E-state index contributed by atoms with van der Waals surface area (Å²) in [5, 5.41) is 1.71. The second kappa shape index (κ2) is 8.87. The minimum atomic E-state index is -0.246. The van der Waals surface area contributed by atoms with Gasteiger partial charge in [0.05, 0.1) is 0 Å². The van der Waals surface area contributed by atoms with E-state index in [1.54, 1.807) is 22.0 Å². The summed E-state index contributed by atoms with van der Waals surface area (Å²) in [6, 6.07) is 27.3. The smallest absolute Gasteiger partial charge is 1.00 e. The van der Waals surface area contributed by atoms with Gasteiger partial charge in [-0.1, -0.05) is 0 Å². The summed E-state index contributed by atoms with van der Waals surface area (Å²) >= 11 is -0.246. The Morgan fingerprint density at radius 3 is 1.71 bits per heavy atom. The zero-order chi connectivity index (χ0) is 17.7. The fraction of sp³-hybridized carbons (Fsp3) is 0.167. The molecule has 4 heteroatoms. The molecular weight excluding hydrogens is 438 g/mol. The SMILES string of the molecule is CP(C)C1=Cc2ccccc2[CH]1[Ti+2][CH]1c2ccccc2-c2ccccc21.[Cl-].[Cl-]. The van der Waals surface area contributed by atoms with Gasteiger partial charge in [0, 0.05) is 0 Å². The minimum absolute atomic E-state index is 0. The molecule has 0 spiro atoms. The van der Waals surface area contributed by atoms with Crippen molar-refractivity contribution in [3.8, 4) is 11.1 Å². The molecule has 0 aliphatic heterocycles. The number of rotatable bonds is 3. The monoisotopic (exact) mass is 458 g/mol. The third-order valence-corrected chi connectivity index (χ3v) is 10.4. The van der Waals surface area contributed by atoms with Crippen molar-refractivity contribution in [2.75, 3.05) is 13.3 Å². The van der Waals surface area contributed by atoms with Crippen molar-refractivity contribution in [3.05, 3.63) is 100 Å². The average molecular weight is 459 g/mol. The number of halogens is 2. The third kappa shape index (κ3) is 3.56. The van der Waals surface area contributed by atoms with E-state index in [1.165, 1.54) is 16.7 Å². The summed E-state index contributed by atoms with van der Waals surface area (Å²) in [6.07, 6.45) is 2.50. The molecule has 2 aliphatic rings. The van der Waals surface area contributed by atoms with E-state index in [9.17, 15) is 0 Å². The Labute approximate surface area is 190 Å². The van der Waals surface area contributed by atoms with Crippen LogP contribution in [0.4, 0.5) is 0 Å². The summed E-state index contributed by atoms with van der Waals surface area (Å²) in [5.74, 6) is 0. The molecular formula is C24H21Cl2PTi. The maximum absolute atomic E-state index is 2.50. The van der Waals surface area contributed by atoms with Crippen LogP contribution in [-0.4, -0.2) is 13.3 Å². The first-order valence-corrected chi connectivity index (χ1v) is 13.2. The molecule has 0 saturated carbocycles. The van der Waals surface area contributed by atoms with Gasteiger partial charge in [-0.15, -0.1) is 0 Å². The summed E-state index contributed by atoms with van der Waals surface area (Å²) in [5.41, 5.74) is 9.10. The topological polar surface area (TPSA) is 0 Å². The second-order valence-corrected chi connectivity index (χ2v) is 11.9. The summed E-state index contributed by atoms with van der Waals surface area (Å²) in [6.45, 7) is 4.84. The van der Waals surface area contributed by atoms with Crippen molar-refractivity contribution in [1.82, 2.24) is 0 Å². The van der Waals surface area contributed by atoms with Crippen molar-refractivity contribution >= 4 is 14.0 Å². The first kappa shape index (κ1) is 21.8. The quantitative estimate of drug-likeness (QED) is 0.400. The standard InChI is InChI=1S/C13H9.C11H12P.2ClH.Ti/c1-3-7-12-10(5-1)9-11-6-2-4-8-13(11)12;1-12(2)11-7-9-5-3-4-6-10(9)8-11;;;/h1-9H;3-8H,1-2H3;2*1H;/q;;;;+2/p-2. The summed E-state index contributed by atoms with van der Waals surface area (Å²) < 4.78 is 1.30. The minimum Gasteiger partial charge on any atom is -1.00 e. The van der Waals surface area contributed by atoms with E-state index < -0.39 is 0 Å². The molecule has 3 aromatic rings. The van der Waals surface area contributed by atoms with Crippen LogP contribution in [0.25, 0.3) is 17.2 Å². The Balaban J connectivity index is 0.00000112. The Bertz CT molecular complexity index is 983. The van der Waals surface area contributed by atoms with Crippen LogP contribution in [-0.2, 0) is 19.2 Å². The number of hydrogen-bond acceptors (Lipinski definition) is 0. The van der Waals surface area contributed by atoms with Crippen molar-refractivity contribution in [2.45, 2.75) is 8.45 Å². The fourth-order valence-electron chi connectivity index (χ4n) is 4.37. The fourth-order valence-corrected chi connectivity index (χ4v) is 9.90. The van der Waals surface area contributed by atoms with E-state index in [2.05, 4.69) is 92.2 Å². The molecule has 0 N–H and O–H groups in total. The Morgan fingerprint density at radius 1 is 0.643 bits per heavy atom. The van der Waals surface area contributed by atoms with E-state index in [0.29, 0.717) is 8.45 Å². The predicted molar refractivity (Wildman–Crippen MR) is 110 cm³/mol. The summed E-state index contributed by atoms with van der Waals surface area (Å²) in [4.78, 5) is 0. The Kier molecular flexibility index (Phi) is 6.91. The molecule has 0 saturated heterocycles. The van der Waals surface area contributed by atoms with Gasteiger partial charge in [0.2, 0.25) is 0 Å². The number of benzene rings is 3. The van der Waals surface area contributed by atoms with Crippen LogP contribution in [0.2, 0.25) is 0 Å². The first-order valence-electron chi connectivity index (χ1n) is 9.16. The molecule has 0 bridgehead atoms. The van der Waals surface area contributed by atoms with E-state index in [4.69, 9.17) is 0 Å². The van der Waals surface area contributed by atoms with E-state index >= 15 is 0 Å². The normalized spacial score (nSPS) is 16.2. The Hall–Kier alpha value is -0.876. The second-order valence-electron chi connectivity index (χ2n) is 7.30. The van der Waals surface area contributed by atoms with Gasteiger partial charge in [0.15, 0.2) is 0 Å². The van der Waals surface area contributed by atoms with Crippen LogP contribution in [0, 0.1) is 0 Å². The van der Waals surface area contributed by atoms with Crippen molar-refractivity contribution in [2.24, 2.45) is 0 Å². The molecule has 0 aromatic heterocycles. The van der Waals surface area contributed by atoms with Gasteiger partial charge in [-0.2, -0.15) is 0 Å². The number of fused-ring (bicyclic) bond motifs is 4. The van der Waals surface area contributed by atoms with Gasteiger partial charge in [-0.25, -0.2) is 0 Å². The van der Waals surface area contributed by atoms with E-state index in [0.717, 1.165) is 0 Å². The zero-order valence-electron chi connectivity index (χ0n) is 15.9. The van der Waals surface area contributed by atoms with Crippen LogP contribution in [0.5, 0.6) is 0 Å². The van der Waals surface area contributed by atoms with Crippen LogP contribution in [0.3, 0.4) is 0 Å². The van der Waals surface area contributed by atoms with Gasteiger partial charge in [-0.05, 0) is 0 Å². The van der Waals surface area contributed by atoms with Gasteiger partial charge in [0.1, 0.15) is 0 Å². The third-order valence-electron chi connectivity index (χ3n) is 5.59. The maximum Gasteiger partial charge on any atom is -1.00 e. The molecule has 0 heterocycles. The molecule has 1 atom stereocenters. The molecule has 0 nitrogen and oxygen atoms in total. The largest absolute Gasteiger partial charge is 1.00 e. The molecule has 5 rings (SSSR count). The van der Waals surface area contributed by atoms with Gasteiger partial charge >= 0.3 is 166 Å². The number of allylic oxidation sites excluding steroid dienone is 1. The van der Waals surface area contributed by atoms with Gasteiger partial charge < -0.3 is 24.8 Å². The summed E-state index contributed by atoms with van der Waals surface area (Å²) in [7, 11) is -0.0497. The molecule has 28 heavy (non-hydrogen) atoms. The zero-order valence-corrected chi connectivity index (χ0v) is 19.8. The van der Waals surface area contributed by atoms with Crippen molar-refractivity contribution in [3.63, 3.8) is 0 Å². The van der Waals surface area contributed by atoms with Crippen LogP contribution < -0.4 is 24.8 Å². The van der Waals surface area contributed by atoms with Gasteiger partial charge in [-0.3, -0.25) is 0 Å². The predicted octanol–water partition coefficient (Wildman–Crippen LogP) is 0.684. The molecule has 140 valence electrons. The van der Waals surface area contributed by atoms with E-state index in [1.807, 2.05) is 0 Å². The van der Waals surface area contributed by atoms with Crippen LogP contribution >= 0.6 is 7.92 Å². The van der Waals surface area contributed by atoms with Crippen LogP contribution in [0.1, 0.15) is 30.7 Å². The maximum atomic E-state index is 2.50.